The summed E-state index contributed by atoms with van der Waals surface area (Å²) in [6.45, 7) is 4.94. The molecule has 0 bridgehead atoms. The number of furan rings is 1. The van der Waals surface area contributed by atoms with Crippen molar-refractivity contribution in [3.63, 3.8) is 0 Å². The van der Waals surface area contributed by atoms with Gasteiger partial charge in [-0.2, -0.15) is 4.98 Å². The van der Waals surface area contributed by atoms with Crippen LogP contribution in [0.5, 0.6) is 0 Å². The maximum absolute atomic E-state index is 12.3. The predicted octanol–water partition coefficient (Wildman–Crippen LogP) is 1.91. The van der Waals surface area contributed by atoms with Crippen molar-refractivity contribution >= 4 is 5.91 Å². The third-order valence-corrected chi connectivity index (χ3v) is 3.42. The van der Waals surface area contributed by atoms with Gasteiger partial charge in [0.2, 0.25) is 5.89 Å². The van der Waals surface area contributed by atoms with Gasteiger partial charge in [0.1, 0.15) is 0 Å². The molecule has 1 saturated heterocycles. The molecule has 2 aromatic heterocycles. The fourth-order valence-electron chi connectivity index (χ4n) is 2.36. The van der Waals surface area contributed by atoms with Crippen LogP contribution in [0.2, 0.25) is 0 Å². The smallest absolute Gasteiger partial charge is 0.289 e. The standard InChI is InChI=1S/C13H15N3O3/c1-8-4-6-18-11(8)13(17)16-5-3-10(7-16)12-14-9(2)15-19-12/h4,6,10H,3,5,7H2,1-2H3/t10-/m1/s1. The number of hydrogen-bond donors (Lipinski definition) is 0. The minimum Gasteiger partial charge on any atom is -0.459 e. The fourth-order valence-corrected chi connectivity index (χ4v) is 2.36. The van der Waals surface area contributed by atoms with Gasteiger partial charge >= 0.3 is 0 Å². The molecule has 6 heteroatoms. The quantitative estimate of drug-likeness (QED) is 0.825. The van der Waals surface area contributed by atoms with Crippen LogP contribution in [0.1, 0.15) is 40.2 Å². The van der Waals surface area contributed by atoms with Crippen LogP contribution in [0.15, 0.2) is 21.3 Å². The molecule has 19 heavy (non-hydrogen) atoms. The van der Waals surface area contributed by atoms with E-state index in [4.69, 9.17) is 8.94 Å². The summed E-state index contributed by atoms with van der Waals surface area (Å²) >= 11 is 0. The van der Waals surface area contributed by atoms with Crippen molar-refractivity contribution in [3.05, 3.63) is 35.4 Å². The second kappa shape index (κ2) is 4.53. The van der Waals surface area contributed by atoms with E-state index in [1.165, 1.54) is 6.26 Å². The number of amides is 1. The third kappa shape index (κ3) is 2.14. The minimum atomic E-state index is -0.0683. The minimum absolute atomic E-state index is 0.0683. The van der Waals surface area contributed by atoms with Crippen LogP contribution >= 0.6 is 0 Å². The van der Waals surface area contributed by atoms with Crippen LogP contribution in [0, 0.1) is 13.8 Å². The van der Waals surface area contributed by atoms with Gasteiger partial charge in [-0.15, -0.1) is 0 Å². The van der Waals surface area contributed by atoms with Crippen LogP contribution < -0.4 is 0 Å². The van der Waals surface area contributed by atoms with Gasteiger partial charge in [-0.3, -0.25) is 4.79 Å². The number of hydrogen-bond acceptors (Lipinski definition) is 5. The fraction of sp³-hybridized carbons (Fsp3) is 0.462. The van der Waals surface area contributed by atoms with Crippen LogP contribution in [0.3, 0.4) is 0 Å². The lowest BCUT2D eigenvalue weighted by Gasteiger charge is -2.14. The van der Waals surface area contributed by atoms with Crippen LogP contribution in [0.25, 0.3) is 0 Å². The van der Waals surface area contributed by atoms with E-state index in [1.807, 2.05) is 6.92 Å². The molecule has 100 valence electrons. The van der Waals surface area contributed by atoms with Crippen LogP contribution in [-0.4, -0.2) is 34.0 Å². The van der Waals surface area contributed by atoms with Gasteiger partial charge in [-0.05, 0) is 26.3 Å². The van der Waals surface area contributed by atoms with E-state index in [0.29, 0.717) is 30.6 Å². The van der Waals surface area contributed by atoms with Crippen molar-refractivity contribution in [2.45, 2.75) is 26.2 Å². The van der Waals surface area contributed by atoms with E-state index in [1.54, 1.807) is 17.9 Å². The molecule has 0 spiro atoms. The Morgan fingerprint density at radius 2 is 2.32 bits per heavy atom. The number of carbonyl (C=O) groups excluding carboxylic acids is 1. The summed E-state index contributed by atoms with van der Waals surface area (Å²) in [5.74, 6) is 1.72. The summed E-state index contributed by atoms with van der Waals surface area (Å²) in [5, 5.41) is 3.79. The molecule has 0 unspecified atom stereocenters. The average Bonchev–Trinajstić information content (AvgIpc) is 3.07. The zero-order valence-electron chi connectivity index (χ0n) is 10.9. The summed E-state index contributed by atoms with van der Waals surface area (Å²) in [6, 6.07) is 1.79. The van der Waals surface area contributed by atoms with Gasteiger partial charge in [-0.1, -0.05) is 5.16 Å². The maximum atomic E-state index is 12.3. The van der Waals surface area contributed by atoms with E-state index >= 15 is 0 Å². The summed E-state index contributed by atoms with van der Waals surface area (Å²) in [6.07, 6.45) is 2.38. The highest BCUT2D eigenvalue weighted by atomic mass is 16.5. The zero-order valence-corrected chi connectivity index (χ0v) is 10.9. The molecule has 0 N–H and O–H groups in total. The van der Waals surface area contributed by atoms with E-state index in [2.05, 4.69) is 10.1 Å². The lowest BCUT2D eigenvalue weighted by molar-refractivity contribution is 0.0757. The lowest BCUT2D eigenvalue weighted by atomic mass is 10.1. The van der Waals surface area contributed by atoms with E-state index < -0.39 is 0 Å². The first-order chi connectivity index (χ1) is 9.15. The highest BCUT2D eigenvalue weighted by Crippen LogP contribution is 2.27. The van der Waals surface area contributed by atoms with E-state index in [0.717, 1.165) is 12.0 Å². The first-order valence-electron chi connectivity index (χ1n) is 6.28. The molecular formula is C13H15N3O3. The molecule has 0 saturated carbocycles. The van der Waals surface area contributed by atoms with E-state index in [-0.39, 0.29) is 11.8 Å². The Morgan fingerprint density at radius 1 is 1.47 bits per heavy atom. The SMILES string of the molecule is Cc1noc([C@@H]2CCN(C(=O)c3occc3C)C2)n1. The number of likely N-dealkylation sites (tertiary alicyclic amines) is 1. The van der Waals surface area contributed by atoms with Crippen molar-refractivity contribution in [1.29, 1.82) is 0 Å². The second-order valence-electron chi connectivity index (χ2n) is 4.85. The van der Waals surface area contributed by atoms with Gasteiger partial charge in [-0.25, -0.2) is 0 Å². The highest BCUT2D eigenvalue weighted by molar-refractivity contribution is 5.93. The number of nitrogens with zero attached hydrogens (tertiary/aromatic N) is 3. The molecule has 1 amide bonds. The van der Waals surface area contributed by atoms with Crippen LogP contribution in [0.4, 0.5) is 0 Å². The number of rotatable bonds is 2. The predicted molar refractivity (Wildman–Crippen MR) is 65.7 cm³/mol. The summed E-state index contributed by atoms with van der Waals surface area (Å²) in [7, 11) is 0. The largest absolute Gasteiger partial charge is 0.459 e. The van der Waals surface area contributed by atoms with Crippen LogP contribution in [-0.2, 0) is 0 Å². The lowest BCUT2D eigenvalue weighted by Crippen LogP contribution is -2.28. The second-order valence-corrected chi connectivity index (χ2v) is 4.85. The van der Waals surface area contributed by atoms with Gasteiger partial charge in [0.25, 0.3) is 5.91 Å². The molecule has 1 aliphatic heterocycles. The Hall–Kier alpha value is -2.11. The molecule has 6 nitrogen and oxygen atoms in total. The Morgan fingerprint density at radius 3 is 2.95 bits per heavy atom. The van der Waals surface area contributed by atoms with Crippen molar-refractivity contribution < 1.29 is 13.7 Å². The molecule has 1 fully saturated rings. The number of aryl methyl sites for hydroxylation is 2. The van der Waals surface area contributed by atoms with Gasteiger partial charge in [0, 0.05) is 18.7 Å². The molecule has 2 aromatic rings. The molecule has 1 aliphatic rings. The Labute approximate surface area is 110 Å². The molecule has 3 heterocycles. The third-order valence-electron chi connectivity index (χ3n) is 3.42. The van der Waals surface area contributed by atoms with Crippen molar-refractivity contribution in [2.75, 3.05) is 13.1 Å². The number of carbonyl (C=O) groups is 1. The first kappa shape index (κ1) is 12.0. The molecule has 0 radical (unpaired) electrons. The molecule has 1 atom stereocenters. The normalized spacial score (nSPS) is 19.1. The number of aromatic nitrogens is 2. The van der Waals surface area contributed by atoms with Crippen molar-refractivity contribution in [3.8, 4) is 0 Å². The van der Waals surface area contributed by atoms with E-state index in [9.17, 15) is 4.79 Å². The average molecular weight is 261 g/mol. The Balaban J connectivity index is 1.72. The van der Waals surface area contributed by atoms with Crippen molar-refractivity contribution in [1.82, 2.24) is 15.0 Å². The Kier molecular flexibility index (Phi) is 2.85. The molecule has 3 rings (SSSR count). The zero-order chi connectivity index (χ0) is 13.4. The molecular weight excluding hydrogens is 246 g/mol. The van der Waals surface area contributed by atoms with Gasteiger partial charge in [0.15, 0.2) is 11.6 Å². The summed E-state index contributed by atoms with van der Waals surface area (Å²) in [4.78, 5) is 18.3. The summed E-state index contributed by atoms with van der Waals surface area (Å²) < 4.78 is 10.4. The van der Waals surface area contributed by atoms with Gasteiger partial charge in [0.05, 0.1) is 12.2 Å². The topological polar surface area (TPSA) is 72.4 Å². The first-order valence-corrected chi connectivity index (χ1v) is 6.28. The monoisotopic (exact) mass is 261 g/mol. The molecule has 0 aromatic carbocycles. The Bertz CT molecular complexity index is 602. The highest BCUT2D eigenvalue weighted by Gasteiger charge is 2.32. The van der Waals surface area contributed by atoms with Crippen molar-refractivity contribution in [2.24, 2.45) is 0 Å². The summed E-state index contributed by atoms with van der Waals surface area (Å²) in [5.41, 5.74) is 0.863. The maximum Gasteiger partial charge on any atom is 0.289 e. The van der Waals surface area contributed by atoms with Gasteiger partial charge < -0.3 is 13.8 Å². The molecule has 0 aliphatic carbocycles.